The van der Waals surface area contributed by atoms with Crippen LogP contribution >= 0.6 is 12.2 Å². The number of thiocarbonyl (C=S) groups is 1. The fourth-order valence-electron chi connectivity index (χ4n) is 4.01. The van der Waals surface area contributed by atoms with E-state index in [1.54, 1.807) is 0 Å². The molecule has 4 aromatic heterocycles. The minimum Gasteiger partial charge on any atom is -0.352 e. The number of nitrogens with one attached hydrogen (secondary N) is 1. The Morgan fingerprint density at radius 1 is 0.935 bits per heavy atom. The van der Waals surface area contributed by atoms with Crippen LogP contribution in [0.25, 0.3) is 5.82 Å². The first-order valence-corrected chi connectivity index (χ1v) is 10.6. The van der Waals surface area contributed by atoms with Gasteiger partial charge in [-0.2, -0.15) is 0 Å². The molecule has 0 aliphatic carbocycles. The summed E-state index contributed by atoms with van der Waals surface area (Å²) in [7, 11) is 0. The molecule has 1 saturated heterocycles. The number of aryl methyl sites for hydroxylation is 1. The quantitative estimate of drug-likeness (QED) is 0.484. The first-order chi connectivity index (χ1) is 15.2. The van der Waals surface area contributed by atoms with E-state index in [1.165, 1.54) is 0 Å². The van der Waals surface area contributed by atoms with Crippen LogP contribution in [0.1, 0.15) is 34.7 Å². The van der Waals surface area contributed by atoms with Crippen LogP contribution in [0.4, 0.5) is 0 Å². The number of hydrogen-bond acceptors (Lipinski definition) is 4. The molecule has 0 amide bonds. The molecule has 5 rings (SSSR count). The van der Waals surface area contributed by atoms with Crippen LogP contribution in [0, 0.1) is 6.92 Å². The topological polar surface area (TPSA) is 58.9 Å². The number of hydrogen-bond donors (Lipinski definition) is 1. The number of nitrogens with zero attached hydrogens (tertiary/aromatic N) is 5. The lowest BCUT2D eigenvalue weighted by atomic mass is 10.0. The van der Waals surface area contributed by atoms with Crippen LogP contribution in [0.2, 0.25) is 0 Å². The van der Waals surface area contributed by atoms with Crippen molar-refractivity contribution in [2.45, 2.75) is 25.6 Å². The second kappa shape index (κ2) is 8.28. The highest BCUT2D eigenvalue weighted by atomic mass is 32.1. The molecule has 5 heterocycles. The van der Waals surface area contributed by atoms with Crippen LogP contribution in [0.5, 0.6) is 0 Å². The van der Waals surface area contributed by atoms with Gasteiger partial charge in [0.15, 0.2) is 5.11 Å². The van der Waals surface area contributed by atoms with Gasteiger partial charge in [0.1, 0.15) is 5.82 Å². The Morgan fingerprint density at radius 3 is 2.48 bits per heavy atom. The van der Waals surface area contributed by atoms with Crippen molar-refractivity contribution in [3.8, 4) is 5.82 Å². The maximum Gasteiger partial charge on any atom is 0.170 e. The van der Waals surface area contributed by atoms with Crippen LogP contribution in [-0.2, 0) is 6.54 Å². The molecule has 154 valence electrons. The summed E-state index contributed by atoms with van der Waals surface area (Å²) in [6, 6.07) is 20.1. The van der Waals surface area contributed by atoms with Crippen LogP contribution in [-0.4, -0.2) is 29.5 Å². The van der Waals surface area contributed by atoms with E-state index in [0.29, 0.717) is 11.7 Å². The van der Waals surface area contributed by atoms with E-state index in [2.05, 4.69) is 41.9 Å². The standard InChI is InChI=1S/C24H22N6S/c1-17-10-11-21(27-15-17)29-14-6-9-20(29)23-22(19-8-3-5-13-26-19)28-24(31)30(23)16-18-7-2-4-12-25-18/h2-15,22-23H,16H2,1H3,(H,28,31)/t22-,23-/m1/s1. The summed E-state index contributed by atoms with van der Waals surface area (Å²) in [5, 5.41) is 4.19. The molecule has 4 aromatic rings. The third kappa shape index (κ3) is 3.80. The van der Waals surface area contributed by atoms with E-state index < -0.39 is 0 Å². The first kappa shape index (κ1) is 19.4. The van der Waals surface area contributed by atoms with Crippen molar-refractivity contribution < 1.29 is 0 Å². The van der Waals surface area contributed by atoms with Crippen LogP contribution in [0.3, 0.4) is 0 Å². The Morgan fingerprint density at radius 2 is 1.77 bits per heavy atom. The summed E-state index contributed by atoms with van der Waals surface area (Å²) in [4.78, 5) is 16.0. The average Bonchev–Trinajstić information content (AvgIpc) is 3.40. The molecule has 0 bridgehead atoms. The molecule has 1 aliphatic heterocycles. The van der Waals surface area contributed by atoms with Gasteiger partial charge in [0.2, 0.25) is 0 Å². The van der Waals surface area contributed by atoms with E-state index in [0.717, 1.165) is 28.5 Å². The van der Waals surface area contributed by atoms with E-state index in [4.69, 9.17) is 12.2 Å². The maximum absolute atomic E-state index is 5.78. The molecule has 0 radical (unpaired) electrons. The Bertz CT molecular complexity index is 1170. The van der Waals surface area contributed by atoms with Gasteiger partial charge in [-0.05, 0) is 67.2 Å². The Kier molecular flexibility index (Phi) is 5.18. The van der Waals surface area contributed by atoms with E-state index in [1.807, 2.05) is 80.2 Å². The number of pyridine rings is 3. The van der Waals surface area contributed by atoms with Crippen molar-refractivity contribution in [2.75, 3.05) is 0 Å². The van der Waals surface area contributed by atoms with Crippen molar-refractivity contribution in [1.82, 2.24) is 29.7 Å². The average molecular weight is 427 g/mol. The minimum atomic E-state index is -0.0866. The van der Waals surface area contributed by atoms with E-state index in [9.17, 15) is 0 Å². The molecule has 31 heavy (non-hydrogen) atoms. The highest BCUT2D eigenvalue weighted by Gasteiger charge is 2.41. The number of rotatable bonds is 5. The summed E-state index contributed by atoms with van der Waals surface area (Å²) < 4.78 is 2.13. The van der Waals surface area contributed by atoms with Crippen molar-refractivity contribution in [3.05, 3.63) is 108 Å². The maximum atomic E-state index is 5.78. The normalized spacial score (nSPS) is 18.2. The van der Waals surface area contributed by atoms with Gasteiger partial charge in [0, 0.05) is 30.5 Å². The highest BCUT2D eigenvalue weighted by molar-refractivity contribution is 7.80. The molecule has 2 atom stereocenters. The molecule has 0 spiro atoms. The zero-order chi connectivity index (χ0) is 21.2. The molecular weight excluding hydrogens is 404 g/mol. The van der Waals surface area contributed by atoms with Gasteiger partial charge in [-0.15, -0.1) is 0 Å². The van der Waals surface area contributed by atoms with Gasteiger partial charge in [0.25, 0.3) is 0 Å². The lowest BCUT2D eigenvalue weighted by Gasteiger charge is -2.28. The molecule has 6 nitrogen and oxygen atoms in total. The highest BCUT2D eigenvalue weighted by Crippen LogP contribution is 2.40. The summed E-state index contributed by atoms with van der Waals surface area (Å²) >= 11 is 5.78. The monoisotopic (exact) mass is 426 g/mol. The van der Waals surface area contributed by atoms with Gasteiger partial charge in [-0.25, -0.2) is 4.98 Å². The van der Waals surface area contributed by atoms with Crippen molar-refractivity contribution in [1.29, 1.82) is 0 Å². The van der Waals surface area contributed by atoms with Gasteiger partial charge >= 0.3 is 0 Å². The smallest absolute Gasteiger partial charge is 0.170 e. The van der Waals surface area contributed by atoms with Gasteiger partial charge in [0.05, 0.1) is 30.0 Å². The van der Waals surface area contributed by atoms with Gasteiger partial charge in [-0.1, -0.05) is 18.2 Å². The SMILES string of the molecule is Cc1ccc(-n2cccc2[C@@H]2[C@@H](c3ccccn3)NC(=S)N2Cc2ccccn2)nc1. The molecule has 1 aliphatic rings. The minimum absolute atomic E-state index is 0.0671. The first-order valence-electron chi connectivity index (χ1n) is 10.2. The molecular formula is C24H22N6S. The Balaban J connectivity index is 1.60. The molecule has 0 saturated carbocycles. The van der Waals surface area contributed by atoms with Crippen LogP contribution in [0.15, 0.2) is 85.5 Å². The molecule has 1 N–H and O–H groups in total. The molecule has 0 unspecified atom stereocenters. The second-order valence-electron chi connectivity index (χ2n) is 7.57. The fraction of sp³-hybridized carbons (Fsp3) is 0.167. The number of aromatic nitrogens is 4. The van der Waals surface area contributed by atoms with E-state index in [-0.39, 0.29) is 12.1 Å². The third-order valence-electron chi connectivity index (χ3n) is 5.48. The zero-order valence-electron chi connectivity index (χ0n) is 17.1. The summed E-state index contributed by atoms with van der Waals surface area (Å²) in [6.07, 6.45) is 7.56. The predicted molar refractivity (Wildman–Crippen MR) is 124 cm³/mol. The lowest BCUT2D eigenvalue weighted by Crippen LogP contribution is -2.30. The summed E-state index contributed by atoms with van der Waals surface area (Å²) in [5.74, 6) is 0.876. The second-order valence-corrected chi connectivity index (χ2v) is 7.96. The van der Waals surface area contributed by atoms with Crippen molar-refractivity contribution >= 4 is 17.3 Å². The van der Waals surface area contributed by atoms with Crippen molar-refractivity contribution in [3.63, 3.8) is 0 Å². The lowest BCUT2D eigenvalue weighted by molar-refractivity contribution is 0.299. The third-order valence-corrected chi connectivity index (χ3v) is 5.83. The van der Waals surface area contributed by atoms with E-state index >= 15 is 0 Å². The Labute approximate surface area is 186 Å². The van der Waals surface area contributed by atoms with Crippen LogP contribution < -0.4 is 5.32 Å². The predicted octanol–water partition coefficient (Wildman–Crippen LogP) is 4.14. The molecule has 7 heteroatoms. The summed E-state index contributed by atoms with van der Waals surface area (Å²) in [5.41, 5.74) is 4.13. The van der Waals surface area contributed by atoms with Gasteiger partial charge in [-0.3, -0.25) is 9.97 Å². The molecule has 0 aromatic carbocycles. The van der Waals surface area contributed by atoms with Crippen molar-refractivity contribution in [2.24, 2.45) is 0 Å². The fourth-order valence-corrected chi connectivity index (χ4v) is 4.31. The molecule has 1 fully saturated rings. The zero-order valence-corrected chi connectivity index (χ0v) is 17.9. The summed E-state index contributed by atoms with van der Waals surface area (Å²) in [6.45, 7) is 2.64. The largest absolute Gasteiger partial charge is 0.352 e. The van der Waals surface area contributed by atoms with Gasteiger partial charge < -0.3 is 14.8 Å². The Hall–Kier alpha value is -3.58.